The SMILES string of the molecule is CCc1ccc(-c2c(C(F)(F)F)nn(-c3ccc(CC)cc3)c2-c2ccc(S(C)(=O)=O)cc2)cc1. The average molecular weight is 499 g/mol. The van der Waals surface area contributed by atoms with Gasteiger partial charge in [-0.2, -0.15) is 18.3 Å². The molecule has 0 bridgehead atoms. The van der Waals surface area contributed by atoms with Gasteiger partial charge in [-0.25, -0.2) is 13.1 Å². The van der Waals surface area contributed by atoms with E-state index in [1.165, 1.54) is 28.9 Å². The van der Waals surface area contributed by atoms with Crippen LogP contribution < -0.4 is 0 Å². The fourth-order valence-electron chi connectivity index (χ4n) is 3.98. The fourth-order valence-corrected chi connectivity index (χ4v) is 4.61. The van der Waals surface area contributed by atoms with Gasteiger partial charge >= 0.3 is 6.18 Å². The number of benzene rings is 3. The van der Waals surface area contributed by atoms with Crippen molar-refractivity contribution in [1.82, 2.24) is 9.78 Å². The quantitative estimate of drug-likeness (QED) is 0.295. The maximum Gasteiger partial charge on any atom is 0.435 e. The van der Waals surface area contributed by atoms with Crippen molar-refractivity contribution in [3.63, 3.8) is 0 Å². The van der Waals surface area contributed by atoms with Gasteiger partial charge in [0.05, 0.1) is 16.3 Å². The maximum absolute atomic E-state index is 14.3. The van der Waals surface area contributed by atoms with Crippen molar-refractivity contribution >= 4 is 9.84 Å². The Morgan fingerprint density at radius 3 is 1.71 bits per heavy atom. The number of hydrogen-bond acceptors (Lipinski definition) is 3. The van der Waals surface area contributed by atoms with Gasteiger partial charge in [0.1, 0.15) is 0 Å². The van der Waals surface area contributed by atoms with E-state index >= 15 is 0 Å². The first-order valence-corrected chi connectivity index (χ1v) is 13.1. The molecule has 0 aliphatic rings. The van der Waals surface area contributed by atoms with Gasteiger partial charge in [0.2, 0.25) is 0 Å². The molecule has 3 aromatic carbocycles. The molecule has 4 aromatic rings. The molecule has 182 valence electrons. The zero-order valence-corrected chi connectivity index (χ0v) is 20.4. The third kappa shape index (κ3) is 5.03. The molecule has 0 radical (unpaired) electrons. The minimum atomic E-state index is -4.70. The highest BCUT2D eigenvalue weighted by molar-refractivity contribution is 7.90. The van der Waals surface area contributed by atoms with Crippen LogP contribution in [0.1, 0.15) is 30.7 Å². The first-order chi connectivity index (χ1) is 16.5. The summed E-state index contributed by atoms with van der Waals surface area (Å²) in [6.45, 7) is 3.97. The van der Waals surface area contributed by atoms with Crippen molar-refractivity contribution in [3.8, 4) is 28.1 Å². The lowest BCUT2D eigenvalue weighted by atomic mass is 9.97. The third-order valence-corrected chi connectivity index (χ3v) is 7.08. The van der Waals surface area contributed by atoms with Crippen LogP contribution in [0.25, 0.3) is 28.1 Å². The monoisotopic (exact) mass is 498 g/mol. The van der Waals surface area contributed by atoms with Gasteiger partial charge in [-0.05, 0) is 53.8 Å². The summed E-state index contributed by atoms with van der Waals surface area (Å²) in [5.41, 5.74) is 2.53. The van der Waals surface area contributed by atoms with Crippen LogP contribution in [0.4, 0.5) is 13.2 Å². The number of sulfone groups is 1. The first-order valence-electron chi connectivity index (χ1n) is 11.2. The second-order valence-electron chi connectivity index (χ2n) is 8.35. The lowest BCUT2D eigenvalue weighted by molar-refractivity contribution is -0.140. The fraction of sp³-hybridized carbons (Fsp3) is 0.222. The van der Waals surface area contributed by atoms with Crippen molar-refractivity contribution in [2.75, 3.05) is 6.26 Å². The Labute approximate surface area is 203 Å². The third-order valence-electron chi connectivity index (χ3n) is 5.95. The number of alkyl halides is 3. The first kappa shape index (κ1) is 24.7. The molecular formula is C27H25F3N2O2S. The van der Waals surface area contributed by atoms with E-state index in [4.69, 9.17) is 0 Å². The minimum absolute atomic E-state index is 0.0492. The molecule has 8 heteroatoms. The molecular weight excluding hydrogens is 473 g/mol. The molecule has 4 rings (SSSR count). The Morgan fingerprint density at radius 2 is 1.26 bits per heavy atom. The largest absolute Gasteiger partial charge is 0.435 e. The molecule has 1 heterocycles. The standard InChI is InChI=1S/C27H25F3N2O2S/c1-4-18-6-10-20(11-7-18)24-25(21-12-16-23(17-13-21)35(3,33)34)32(31-26(24)27(28,29)30)22-14-8-19(5-2)9-15-22/h6-17H,4-5H2,1-3H3. The highest BCUT2D eigenvalue weighted by Crippen LogP contribution is 2.43. The van der Waals surface area contributed by atoms with Crippen LogP contribution in [-0.2, 0) is 28.9 Å². The molecule has 0 spiro atoms. The average Bonchev–Trinajstić information content (AvgIpc) is 3.25. The van der Waals surface area contributed by atoms with E-state index in [0.717, 1.165) is 30.2 Å². The summed E-state index contributed by atoms with van der Waals surface area (Å²) in [5, 5.41) is 4.05. The predicted molar refractivity (Wildman–Crippen MR) is 131 cm³/mol. The molecule has 0 N–H and O–H groups in total. The molecule has 0 saturated carbocycles. The lowest BCUT2D eigenvalue weighted by Gasteiger charge is -2.12. The minimum Gasteiger partial charge on any atom is -0.232 e. The van der Waals surface area contributed by atoms with Crippen LogP contribution in [0.15, 0.2) is 77.7 Å². The van der Waals surface area contributed by atoms with Crippen LogP contribution >= 0.6 is 0 Å². The van der Waals surface area contributed by atoms with E-state index in [1.54, 1.807) is 36.4 Å². The molecule has 0 aliphatic heterocycles. The highest BCUT2D eigenvalue weighted by atomic mass is 32.2. The molecule has 0 aliphatic carbocycles. The second-order valence-corrected chi connectivity index (χ2v) is 10.4. The van der Waals surface area contributed by atoms with Crippen LogP contribution in [0.2, 0.25) is 0 Å². The summed E-state index contributed by atoms with van der Waals surface area (Å²) in [4.78, 5) is 0.0875. The van der Waals surface area contributed by atoms with Gasteiger partial charge in [0, 0.05) is 17.4 Å². The van der Waals surface area contributed by atoms with Crippen molar-refractivity contribution in [2.45, 2.75) is 37.8 Å². The van der Waals surface area contributed by atoms with E-state index in [0.29, 0.717) is 16.8 Å². The van der Waals surface area contributed by atoms with E-state index in [9.17, 15) is 21.6 Å². The second kappa shape index (κ2) is 9.34. The van der Waals surface area contributed by atoms with E-state index in [1.807, 2.05) is 26.0 Å². The number of halogens is 3. The number of rotatable bonds is 6. The topological polar surface area (TPSA) is 52.0 Å². The van der Waals surface area contributed by atoms with Gasteiger partial charge < -0.3 is 0 Å². The summed E-state index contributed by atoms with van der Waals surface area (Å²) < 4.78 is 68.1. The van der Waals surface area contributed by atoms with E-state index < -0.39 is 21.7 Å². The summed E-state index contributed by atoms with van der Waals surface area (Å²) in [5.74, 6) is 0. The zero-order valence-electron chi connectivity index (χ0n) is 19.6. The molecule has 35 heavy (non-hydrogen) atoms. The summed E-state index contributed by atoms with van der Waals surface area (Å²) in [7, 11) is -3.46. The summed E-state index contributed by atoms with van der Waals surface area (Å²) >= 11 is 0. The lowest BCUT2D eigenvalue weighted by Crippen LogP contribution is -2.08. The zero-order chi connectivity index (χ0) is 25.4. The number of aromatic nitrogens is 2. The van der Waals surface area contributed by atoms with E-state index in [2.05, 4.69) is 5.10 Å². The van der Waals surface area contributed by atoms with Crippen molar-refractivity contribution < 1.29 is 21.6 Å². The van der Waals surface area contributed by atoms with Gasteiger partial charge in [0.25, 0.3) is 0 Å². The normalized spacial score (nSPS) is 12.2. The maximum atomic E-state index is 14.3. The predicted octanol–water partition coefficient (Wildman–Crippen LogP) is 6.75. The number of aryl methyl sites for hydroxylation is 2. The Bertz CT molecular complexity index is 1440. The van der Waals surface area contributed by atoms with Crippen LogP contribution in [0, 0.1) is 0 Å². The van der Waals surface area contributed by atoms with Gasteiger partial charge in [-0.15, -0.1) is 0 Å². The van der Waals surface area contributed by atoms with Crippen LogP contribution in [0.5, 0.6) is 0 Å². The number of nitrogens with zero attached hydrogens (tertiary/aromatic N) is 2. The van der Waals surface area contributed by atoms with Crippen molar-refractivity contribution in [3.05, 3.63) is 89.6 Å². The molecule has 1 aromatic heterocycles. The van der Waals surface area contributed by atoms with Gasteiger partial charge in [-0.1, -0.05) is 62.4 Å². The highest BCUT2D eigenvalue weighted by Gasteiger charge is 2.40. The van der Waals surface area contributed by atoms with Gasteiger partial charge in [-0.3, -0.25) is 0 Å². The van der Waals surface area contributed by atoms with Crippen molar-refractivity contribution in [2.24, 2.45) is 0 Å². The summed E-state index contributed by atoms with van der Waals surface area (Å²) in [6, 6.07) is 20.0. The molecule has 0 amide bonds. The van der Waals surface area contributed by atoms with E-state index in [-0.39, 0.29) is 16.2 Å². The Balaban J connectivity index is 2.04. The Hall–Kier alpha value is -3.39. The summed E-state index contributed by atoms with van der Waals surface area (Å²) in [6.07, 6.45) is -2.06. The molecule has 0 atom stereocenters. The van der Waals surface area contributed by atoms with Gasteiger partial charge in [0.15, 0.2) is 15.5 Å². The molecule has 0 unspecified atom stereocenters. The smallest absolute Gasteiger partial charge is 0.232 e. The number of hydrogen-bond donors (Lipinski definition) is 0. The molecule has 0 saturated heterocycles. The Morgan fingerprint density at radius 1 is 0.771 bits per heavy atom. The van der Waals surface area contributed by atoms with Crippen LogP contribution in [-0.4, -0.2) is 24.5 Å². The molecule has 0 fully saturated rings. The Kier molecular flexibility index (Phi) is 6.60. The van der Waals surface area contributed by atoms with Crippen LogP contribution in [0.3, 0.4) is 0 Å². The molecule has 4 nitrogen and oxygen atoms in total. The van der Waals surface area contributed by atoms with Crippen molar-refractivity contribution in [1.29, 1.82) is 0 Å².